The van der Waals surface area contributed by atoms with Crippen molar-refractivity contribution >= 4 is 32.3 Å². The van der Waals surface area contributed by atoms with E-state index in [-0.39, 0.29) is 10.8 Å². The Hall–Kier alpha value is -9.05. The van der Waals surface area contributed by atoms with Gasteiger partial charge >= 0.3 is 0 Å². The van der Waals surface area contributed by atoms with Gasteiger partial charge in [0.1, 0.15) is 0 Å². The number of nitrogens with zero attached hydrogens (tertiary/aromatic N) is 3. The zero-order valence-corrected chi connectivity index (χ0v) is 43.5. The number of rotatable bonds is 9. The molecule has 0 saturated heterocycles. The summed E-state index contributed by atoms with van der Waals surface area (Å²) < 4.78 is 0. The van der Waals surface area contributed by atoms with E-state index in [0.29, 0.717) is 0 Å². The summed E-state index contributed by atoms with van der Waals surface area (Å²) in [6.45, 7) is 13.2. The first kappa shape index (κ1) is 46.7. The Balaban J connectivity index is 0.000000174. The van der Waals surface area contributed by atoms with Gasteiger partial charge in [0.15, 0.2) is 0 Å². The number of aromatic nitrogens is 3. The molecule has 0 atom stereocenters. The Labute approximate surface area is 446 Å². The van der Waals surface area contributed by atoms with Crippen molar-refractivity contribution in [3.05, 3.63) is 272 Å². The molecule has 3 aromatic heterocycles. The van der Waals surface area contributed by atoms with Crippen LogP contribution in [0.15, 0.2) is 244 Å². The molecule has 12 aromatic rings. The largest absolute Gasteiger partial charge is 0.265 e. The molecule has 0 amide bonds. The van der Waals surface area contributed by atoms with Crippen molar-refractivity contribution in [2.45, 2.75) is 51.4 Å². The third kappa shape index (κ3) is 7.94. The molecule has 0 saturated carbocycles. The van der Waals surface area contributed by atoms with Gasteiger partial charge in [-0.05, 0) is 205 Å². The van der Waals surface area contributed by atoms with E-state index in [1.165, 1.54) is 138 Å². The summed E-state index contributed by atoms with van der Waals surface area (Å²) >= 11 is 0. The number of hydrogen-bond acceptors (Lipinski definition) is 3. The Morgan fingerprint density at radius 2 is 0.711 bits per heavy atom. The molecule has 3 heteroatoms. The maximum atomic E-state index is 4.22. The number of fused-ring (bicyclic) bond motifs is 6. The van der Waals surface area contributed by atoms with Crippen LogP contribution in [-0.4, -0.2) is 15.0 Å². The van der Waals surface area contributed by atoms with Gasteiger partial charge in [0.05, 0.1) is 0 Å². The number of hydrogen-bond donors (Lipinski definition) is 0. The summed E-state index contributed by atoms with van der Waals surface area (Å²) in [6, 6.07) is 67.7. The van der Waals surface area contributed by atoms with Crippen LogP contribution in [-0.2, 0) is 17.3 Å². The maximum absolute atomic E-state index is 4.22. The summed E-state index contributed by atoms with van der Waals surface area (Å²) in [5, 5.41) is 7.82. The predicted octanol–water partition coefficient (Wildman–Crippen LogP) is 19.1. The van der Waals surface area contributed by atoms with Crippen LogP contribution in [0.3, 0.4) is 0 Å². The lowest BCUT2D eigenvalue weighted by atomic mass is 9.80. The highest BCUT2D eigenvalue weighted by Gasteiger charge is 2.37. The SMILES string of the molecule is C=C/C=C\CCc1ccc2c(c1)C(C)(C)c1cc(-c3ccncc3)ccc1-2.CC1(C)c2cc(-c3ccncc3)ccc2-c2ccc(-c3ccc4ccc5c(-c6ccc(-c7ccncc7)cc6)ccc6ccc3c4c65)cc21. The van der Waals surface area contributed by atoms with Gasteiger partial charge in [-0.3, -0.25) is 15.0 Å². The summed E-state index contributed by atoms with van der Waals surface area (Å²) in [5.74, 6) is 0. The van der Waals surface area contributed by atoms with E-state index in [1.54, 1.807) is 0 Å². The molecule has 3 nitrogen and oxygen atoms in total. The van der Waals surface area contributed by atoms with Gasteiger partial charge in [0.25, 0.3) is 0 Å². The van der Waals surface area contributed by atoms with Crippen molar-refractivity contribution in [2.24, 2.45) is 0 Å². The molecule has 364 valence electrons. The third-order valence-electron chi connectivity index (χ3n) is 16.5. The smallest absolute Gasteiger partial charge is 0.0273 e. The van der Waals surface area contributed by atoms with Gasteiger partial charge in [-0.25, -0.2) is 0 Å². The van der Waals surface area contributed by atoms with Crippen LogP contribution in [0.5, 0.6) is 0 Å². The van der Waals surface area contributed by atoms with Crippen LogP contribution in [0, 0.1) is 0 Å². The van der Waals surface area contributed by atoms with Crippen LogP contribution in [0.2, 0.25) is 0 Å². The molecule has 0 radical (unpaired) electrons. The van der Waals surface area contributed by atoms with Gasteiger partial charge in [0, 0.05) is 48.0 Å². The third-order valence-corrected chi connectivity index (χ3v) is 16.5. The monoisotopic (exact) mass is 975 g/mol. The first-order valence-electron chi connectivity index (χ1n) is 26.5. The lowest BCUT2D eigenvalue weighted by Gasteiger charge is -2.23. The van der Waals surface area contributed by atoms with Gasteiger partial charge < -0.3 is 0 Å². The molecule has 3 heterocycles. The highest BCUT2D eigenvalue weighted by molar-refractivity contribution is 6.27. The molecule has 2 aliphatic rings. The van der Waals surface area contributed by atoms with Crippen LogP contribution in [0.1, 0.15) is 61.9 Å². The number of aryl methyl sites for hydroxylation is 1. The minimum atomic E-state index is -0.116. The van der Waals surface area contributed by atoms with Crippen LogP contribution < -0.4 is 0 Å². The second kappa shape index (κ2) is 18.7. The molecular weight excluding hydrogens is 919 g/mol. The van der Waals surface area contributed by atoms with Gasteiger partial charge in [0.2, 0.25) is 0 Å². The maximum Gasteiger partial charge on any atom is 0.0273 e. The van der Waals surface area contributed by atoms with Gasteiger partial charge in [-0.1, -0.05) is 180 Å². The molecule has 0 N–H and O–H groups in total. The molecule has 0 aliphatic heterocycles. The zero-order chi connectivity index (χ0) is 51.5. The highest BCUT2D eigenvalue weighted by atomic mass is 14.6. The lowest BCUT2D eigenvalue weighted by Crippen LogP contribution is -2.15. The first-order valence-corrected chi connectivity index (χ1v) is 26.5. The van der Waals surface area contributed by atoms with Crippen molar-refractivity contribution < 1.29 is 0 Å². The van der Waals surface area contributed by atoms with E-state index >= 15 is 0 Å². The molecular formula is C73H57N3. The zero-order valence-electron chi connectivity index (χ0n) is 43.5. The molecule has 76 heavy (non-hydrogen) atoms. The molecule has 0 unspecified atom stereocenters. The number of allylic oxidation sites excluding steroid dienone is 3. The Kier molecular flexibility index (Phi) is 11.5. The molecule has 0 spiro atoms. The minimum absolute atomic E-state index is 0.0146. The normalized spacial score (nSPS) is 13.6. The lowest BCUT2D eigenvalue weighted by molar-refractivity contribution is 0.659. The highest BCUT2D eigenvalue weighted by Crippen LogP contribution is 2.53. The predicted molar refractivity (Wildman–Crippen MR) is 320 cm³/mol. The van der Waals surface area contributed by atoms with E-state index in [4.69, 9.17) is 0 Å². The van der Waals surface area contributed by atoms with Gasteiger partial charge in [-0.2, -0.15) is 0 Å². The van der Waals surface area contributed by atoms with Crippen LogP contribution >= 0.6 is 0 Å². The fourth-order valence-electron chi connectivity index (χ4n) is 12.4. The fourth-order valence-corrected chi connectivity index (χ4v) is 12.4. The first-order chi connectivity index (χ1) is 37.2. The van der Waals surface area contributed by atoms with E-state index in [2.05, 4.69) is 237 Å². The Bertz CT molecular complexity index is 4210. The van der Waals surface area contributed by atoms with Crippen molar-refractivity contribution in [2.75, 3.05) is 0 Å². The van der Waals surface area contributed by atoms with Crippen LogP contribution in [0.25, 0.3) is 110 Å². The van der Waals surface area contributed by atoms with Crippen molar-refractivity contribution in [1.82, 2.24) is 15.0 Å². The summed E-state index contributed by atoms with van der Waals surface area (Å²) in [6.07, 6.45) is 19.3. The second-order valence-corrected chi connectivity index (χ2v) is 21.5. The van der Waals surface area contributed by atoms with E-state index in [1.807, 2.05) is 49.3 Å². The Morgan fingerprint density at radius 3 is 1.20 bits per heavy atom. The fraction of sp³-hybridized carbons (Fsp3) is 0.110. The average molecular weight is 976 g/mol. The molecule has 9 aromatic carbocycles. The molecule has 2 aliphatic carbocycles. The quantitative estimate of drug-likeness (QED) is 0.107. The second-order valence-electron chi connectivity index (χ2n) is 21.5. The van der Waals surface area contributed by atoms with Gasteiger partial charge in [-0.15, -0.1) is 0 Å². The van der Waals surface area contributed by atoms with E-state index < -0.39 is 0 Å². The Morgan fingerprint density at radius 1 is 0.355 bits per heavy atom. The van der Waals surface area contributed by atoms with Crippen molar-refractivity contribution in [3.8, 4) is 77.9 Å². The van der Waals surface area contributed by atoms with Crippen molar-refractivity contribution in [1.29, 1.82) is 0 Å². The molecule has 14 rings (SSSR count). The number of benzene rings is 9. The van der Waals surface area contributed by atoms with Crippen LogP contribution in [0.4, 0.5) is 0 Å². The summed E-state index contributed by atoms with van der Waals surface area (Å²) in [7, 11) is 0. The summed E-state index contributed by atoms with van der Waals surface area (Å²) in [5.41, 5.74) is 24.6. The van der Waals surface area contributed by atoms with E-state index in [0.717, 1.165) is 12.8 Å². The molecule has 0 bridgehead atoms. The molecule has 0 fully saturated rings. The summed E-state index contributed by atoms with van der Waals surface area (Å²) in [4.78, 5) is 12.5. The topological polar surface area (TPSA) is 38.7 Å². The standard InChI is InChI=1S/C47H32N2.C26H25N/c1-47(2)43-27-35(31-21-25-49-26-22-31)11-15-39(43)40-16-12-36(28-44(40)47)38-14-8-34-9-17-41-37(13-7-33-10-18-42(38)46(34)45(33)41)32-5-3-29(4-6-32)30-19-23-48-24-20-30;1-4-5-6-7-8-19-9-11-22-23-12-10-21(20-13-15-27-16-14-20)18-25(23)26(2,3)24(22)17-19/h3-28H,1-2H3;4-6,9-18H,1,7-8H2,2-3H3/b;6-5-. The number of pyridine rings is 3. The minimum Gasteiger partial charge on any atom is -0.265 e. The average Bonchev–Trinajstić information content (AvgIpc) is 4.01. The van der Waals surface area contributed by atoms with Crippen molar-refractivity contribution in [3.63, 3.8) is 0 Å². The van der Waals surface area contributed by atoms with E-state index in [9.17, 15) is 0 Å².